The number of para-hydroxylation sites is 1. The quantitative estimate of drug-likeness (QED) is 0.610. The molecule has 1 amide bonds. The molecule has 0 aliphatic carbocycles. The smallest absolute Gasteiger partial charge is 0.264 e. The van der Waals surface area contributed by atoms with Crippen LogP contribution in [0.2, 0.25) is 5.02 Å². The number of ether oxygens (including phenoxy) is 1. The zero-order valence-electron chi connectivity index (χ0n) is 15.5. The van der Waals surface area contributed by atoms with Crippen LogP contribution in [-0.4, -0.2) is 44.1 Å². The Hall–Kier alpha value is -2.15. The highest BCUT2D eigenvalue weighted by molar-refractivity contribution is 7.21. The summed E-state index contributed by atoms with van der Waals surface area (Å²) in [5.74, 6) is -0.380. The number of carbonyl (C=O) groups is 1. The maximum Gasteiger partial charge on any atom is 0.264 e. The van der Waals surface area contributed by atoms with Crippen molar-refractivity contribution in [3.63, 3.8) is 0 Å². The fourth-order valence-corrected chi connectivity index (χ4v) is 5.07. The van der Waals surface area contributed by atoms with E-state index < -0.39 is 0 Å². The standard InChI is InChI=1S/C21H20ClFN2O2S/c1-27-13-14-19-16(23)6-4-8-18(19)28-20(14)21(26)25-11-9-24(10-12-25)17-7-3-2-5-15(17)22/h2-8H,9-13H2,1H3. The van der Waals surface area contributed by atoms with E-state index in [9.17, 15) is 9.18 Å². The fourth-order valence-electron chi connectivity index (χ4n) is 3.62. The number of methoxy groups -OCH3 is 1. The first kappa shape index (κ1) is 19.2. The molecule has 7 heteroatoms. The Morgan fingerprint density at radius 3 is 2.61 bits per heavy atom. The van der Waals surface area contributed by atoms with E-state index in [1.807, 2.05) is 35.2 Å². The number of hydrogen-bond acceptors (Lipinski definition) is 4. The van der Waals surface area contributed by atoms with Crippen LogP contribution in [0.3, 0.4) is 0 Å². The average Bonchev–Trinajstić information content (AvgIpc) is 3.08. The highest BCUT2D eigenvalue weighted by Crippen LogP contribution is 2.35. The van der Waals surface area contributed by atoms with E-state index in [-0.39, 0.29) is 18.3 Å². The fraction of sp³-hybridized carbons (Fsp3) is 0.286. The van der Waals surface area contributed by atoms with Gasteiger partial charge in [0.2, 0.25) is 0 Å². The molecule has 1 aliphatic heterocycles. The summed E-state index contributed by atoms with van der Waals surface area (Å²) < 4.78 is 20.4. The molecule has 0 N–H and O–H groups in total. The number of halogens is 2. The molecule has 2 heterocycles. The van der Waals surface area contributed by atoms with Crippen LogP contribution in [-0.2, 0) is 11.3 Å². The molecule has 1 fully saturated rings. The van der Waals surface area contributed by atoms with Crippen LogP contribution in [0.4, 0.5) is 10.1 Å². The zero-order valence-corrected chi connectivity index (χ0v) is 17.0. The van der Waals surface area contributed by atoms with Crippen molar-refractivity contribution in [2.24, 2.45) is 0 Å². The van der Waals surface area contributed by atoms with Gasteiger partial charge >= 0.3 is 0 Å². The average molecular weight is 419 g/mol. The molecule has 1 aromatic heterocycles. The van der Waals surface area contributed by atoms with Gasteiger partial charge in [-0.25, -0.2) is 4.39 Å². The lowest BCUT2D eigenvalue weighted by Gasteiger charge is -2.36. The number of benzene rings is 2. The summed E-state index contributed by atoms with van der Waals surface area (Å²) in [7, 11) is 1.56. The lowest BCUT2D eigenvalue weighted by Crippen LogP contribution is -2.48. The second-order valence-corrected chi connectivity index (χ2v) is 8.15. The number of hydrogen-bond donors (Lipinski definition) is 0. The molecular weight excluding hydrogens is 399 g/mol. The third-order valence-corrected chi connectivity index (χ3v) is 6.51. The number of fused-ring (bicyclic) bond motifs is 1. The molecule has 28 heavy (non-hydrogen) atoms. The van der Waals surface area contributed by atoms with Gasteiger partial charge in [-0.1, -0.05) is 29.8 Å². The van der Waals surface area contributed by atoms with Crippen LogP contribution in [0.25, 0.3) is 10.1 Å². The van der Waals surface area contributed by atoms with Gasteiger partial charge in [0.1, 0.15) is 5.82 Å². The Labute approximate surface area is 172 Å². The molecule has 0 radical (unpaired) electrons. The molecule has 4 nitrogen and oxygen atoms in total. The SMILES string of the molecule is COCc1c(C(=O)N2CCN(c3ccccc3Cl)CC2)sc2cccc(F)c12. The number of carbonyl (C=O) groups excluding carboxylic acids is 1. The van der Waals surface area contributed by atoms with Crippen molar-refractivity contribution in [3.05, 3.63) is 63.7 Å². The number of nitrogens with zero attached hydrogens (tertiary/aromatic N) is 2. The number of anilines is 1. The first-order valence-electron chi connectivity index (χ1n) is 9.07. The summed E-state index contributed by atoms with van der Waals surface area (Å²) in [6.45, 7) is 2.80. The molecule has 4 rings (SSSR count). The van der Waals surface area contributed by atoms with Crippen molar-refractivity contribution in [3.8, 4) is 0 Å². The maximum atomic E-state index is 14.4. The van der Waals surface area contributed by atoms with Gasteiger partial charge in [-0.05, 0) is 24.3 Å². The Bertz CT molecular complexity index is 1010. The topological polar surface area (TPSA) is 32.8 Å². The predicted molar refractivity (Wildman–Crippen MR) is 112 cm³/mol. The Morgan fingerprint density at radius 2 is 1.89 bits per heavy atom. The van der Waals surface area contributed by atoms with Gasteiger partial charge in [0.15, 0.2) is 0 Å². The second-order valence-electron chi connectivity index (χ2n) is 6.69. The number of piperazine rings is 1. The third kappa shape index (κ3) is 3.48. The zero-order chi connectivity index (χ0) is 19.7. The van der Waals surface area contributed by atoms with Gasteiger partial charge in [0.05, 0.1) is 22.2 Å². The number of amides is 1. The molecule has 146 valence electrons. The van der Waals surface area contributed by atoms with Crippen LogP contribution in [0.15, 0.2) is 42.5 Å². The summed E-state index contributed by atoms with van der Waals surface area (Å²) >= 11 is 7.63. The molecule has 1 aliphatic rings. The van der Waals surface area contributed by atoms with E-state index in [4.69, 9.17) is 16.3 Å². The van der Waals surface area contributed by atoms with E-state index in [1.54, 1.807) is 13.2 Å². The first-order valence-corrected chi connectivity index (χ1v) is 10.3. The Kier molecular flexibility index (Phi) is 5.53. The van der Waals surface area contributed by atoms with Crippen molar-refractivity contribution in [1.82, 2.24) is 4.90 Å². The maximum absolute atomic E-state index is 14.4. The largest absolute Gasteiger partial charge is 0.380 e. The molecule has 0 saturated carbocycles. The van der Waals surface area contributed by atoms with Crippen LogP contribution in [0.5, 0.6) is 0 Å². The highest BCUT2D eigenvalue weighted by atomic mass is 35.5. The Morgan fingerprint density at radius 1 is 1.14 bits per heavy atom. The minimum Gasteiger partial charge on any atom is -0.380 e. The van der Waals surface area contributed by atoms with Gasteiger partial charge in [0.25, 0.3) is 5.91 Å². The molecule has 0 atom stereocenters. The summed E-state index contributed by atoms with van der Waals surface area (Å²) in [6.07, 6.45) is 0. The minimum atomic E-state index is -0.316. The van der Waals surface area contributed by atoms with Gasteiger partial charge in [0, 0.05) is 48.9 Å². The molecule has 2 aromatic carbocycles. The monoisotopic (exact) mass is 418 g/mol. The van der Waals surface area contributed by atoms with Crippen molar-refractivity contribution < 1.29 is 13.9 Å². The van der Waals surface area contributed by atoms with Crippen LogP contribution in [0.1, 0.15) is 15.2 Å². The molecule has 1 saturated heterocycles. The highest BCUT2D eigenvalue weighted by Gasteiger charge is 2.27. The number of rotatable bonds is 4. The van der Waals surface area contributed by atoms with Gasteiger partial charge in [-0.3, -0.25) is 4.79 Å². The molecule has 3 aromatic rings. The first-order chi connectivity index (χ1) is 13.6. The summed E-state index contributed by atoms with van der Waals surface area (Å²) in [4.78, 5) is 17.8. The van der Waals surface area contributed by atoms with Crippen LogP contribution >= 0.6 is 22.9 Å². The summed E-state index contributed by atoms with van der Waals surface area (Å²) in [6, 6.07) is 12.7. The van der Waals surface area contributed by atoms with Crippen molar-refractivity contribution in [2.75, 3.05) is 38.2 Å². The van der Waals surface area contributed by atoms with Crippen molar-refractivity contribution in [1.29, 1.82) is 0 Å². The second kappa shape index (κ2) is 8.07. The third-order valence-electron chi connectivity index (χ3n) is 5.01. The van der Waals surface area contributed by atoms with Gasteiger partial charge < -0.3 is 14.5 Å². The number of thiophene rings is 1. The van der Waals surface area contributed by atoms with E-state index >= 15 is 0 Å². The molecule has 0 unspecified atom stereocenters. The Balaban J connectivity index is 1.57. The molecular formula is C21H20ClFN2O2S. The van der Waals surface area contributed by atoms with Crippen LogP contribution < -0.4 is 4.90 Å². The van der Waals surface area contributed by atoms with Crippen molar-refractivity contribution >= 4 is 44.6 Å². The summed E-state index contributed by atoms with van der Waals surface area (Å²) in [5.41, 5.74) is 1.62. The normalized spacial score (nSPS) is 14.7. The lowest BCUT2D eigenvalue weighted by atomic mass is 10.1. The van der Waals surface area contributed by atoms with E-state index in [1.165, 1.54) is 17.4 Å². The van der Waals surface area contributed by atoms with E-state index in [0.29, 0.717) is 47.0 Å². The predicted octanol–water partition coefficient (Wildman–Crippen LogP) is 4.80. The lowest BCUT2D eigenvalue weighted by molar-refractivity contribution is 0.0747. The minimum absolute atomic E-state index is 0.0635. The van der Waals surface area contributed by atoms with Gasteiger partial charge in [-0.2, -0.15) is 0 Å². The molecule has 0 spiro atoms. The molecule has 0 bridgehead atoms. The van der Waals surface area contributed by atoms with Gasteiger partial charge in [-0.15, -0.1) is 11.3 Å². The van der Waals surface area contributed by atoms with E-state index in [0.717, 1.165) is 10.4 Å². The van der Waals surface area contributed by atoms with E-state index in [2.05, 4.69) is 4.90 Å². The van der Waals surface area contributed by atoms with Crippen molar-refractivity contribution in [2.45, 2.75) is 6.61 Å². The van der Waals surface area contributed by atoms with Crippen LogP contribution in [0, 0.1) is 5.82 Å². The summed E-state index contributed by atoms with van der Waals surface area (Å²) in [5, 5.41) is 1.21.